The van der Waals surface area contributed by atoms with E-state index in [4.69, 9.17) is 6.42 Å². The Hall–Kier alpha value is -2.30. The summed E-state index contributed by atoms with van der Waals surface area (Å²) in [6.45, 7) is 14.4. The van der Waals surface area contributed by atoms with Crippen molar-refractivity contribution in [3.8, 4) is 23.8 Å². The molecular formula is C27H35F2NSi. The van der Waals surface area contributed by atoms with Crippen LogP contribution in [0.25, 0.3) is 0 Å². The second-order valence-corrected chi connectivity index (χ2v) is 15.0. The molecule has 0 N–H and O–H groups in total. The quantitative estimate of drug-likeness (QED) is 0.339. The minimum atomic E-state index is -1.83. The number of halogens is 2. The Kier molecular flexibility index (Phi) is 8.32. The van der Waals surface area contributed by atoms with Crippen molar-refractivity contribution in [1.82, 2.24) is 4.90 Å². The normalized spacial score (nSPS) is 15.4. The van der Waals surface area contributed by atoms with Gasteiger partial charge in [-0.2, -0.15) is 0 Å². The van der Waals surface area contributed by atoms with Crippen LogP contribution in [0.15, 0.2) is 41.6 Å². The van der Waals surface area contributed by atoms with Crippen LogP contribution in [0.2, 0.25) is 16.6 Å². The van der Waals surface area contributed by atoms with Crippen LogP contribution in [-0.2, 0) is 0 Å². The van der Waals surface area contributed by atoms with Gasteiger partial charge in [-0.1, -0.05) is 53.5 Å². The number of benzene rings is 1. The first-order chi connectivity index (χ1) is 14.5. The predicted molar refractivity (Wildman–Crippen MR) is 130 cm³/mol. The van der Waals surface area contributed by atoms with Gasteiger partial charge in [0.2, 0.25) is 0 Å². The highest BCUT2D eigenvalue weighted by molar-refractivity contribution is 6.90. The van der Waals surface area contributed by atoms with Gasteiger partial charge in [-0.15, -0.1) is 17.9 Å². The highest BCUT2D eigenvalue weighted by Gasteiger charge is 2.41. The molecule has 1 atom stereocenters. The summed E-state index contributed by atoms with van der Waals surface area (Å²) < 4.78 is 28.2. The number of likely N-dealkylation sites (N-methyl/N-ethyl adjacent to an activating group) is 1. The van der Waals surface area contributed by atoms with Crippen LogP contribution in [0.4, 0.5) is 8.78 Å². The fourth-order valence-corrected chi connectivity index (χ4v) is 10.2. The average Bonchev–Trinajstić information content (AvgIpc) is 2.69. The highest BCUT2D eigenvalue weighted by Crippen LogP contribution is 2.41. The molecule has 1 aliphatic rings. The molecule has 1 aliphatic heterocycles. The standard InChI is InChI=1S/C27H35F2NSi/c1-9-10-25(26-17-23(28)12-14-27(26)29)22-11-13-24(30(8)18-22)15-16-31(19(2)3,20(4)5)21(6)7/h1,11-14,17,19-21,25H,10,18H2,2-8H3. The summed E-state index contributed by atoms with van der Waals surface area (Å²) in [6, 6.07) is 3.56. The van der Waals surface area contributed by atoms with Crippen molar-refractivity contribution in [2.24, 2.45) is 0 Å². The summed E-state index contributed by atoms with van der Waals surface area (Å²) in [5.41, 5.74) is 7.70. The molecule has 1 unspecified atom stereocenters. The van der Waals surface area contributed by atoms with Gasteiger partial charge in [-0.3, -0.25) is 0 Å². The summed E-state index contributed by atoms with van der Waals surface area (Å²) in [5.74, 6) is 4.87. The van der Waals surface area contributed by atoms with Crippen LogP contribution in [0, 0.1) is 35.4 Å². The molecule has 1 aromatic carbocycles. The van der Waals surface area contributed by atoms with Gasteiger partial charge < -0.3 is 4.90 Å². The number of nitrogens with zero attached hydrogens (tertiary/aromatic N) is 1. The van der Waals surface area contributed by atoms with Crippen molar-refractivity contribution >= 4 is 8.07 Å². The molecule has 31 heavy (non-hydrogen) atoms. The van der Waals surface area contributed by atoms with Gasteiger partial charge in [0.25, 0.3) is 0 Å². The summed E-state index contributed by atoms with van der Waals surface area (Å²) in [6.07, 6.45) is 9.86. The second kappa shape index (κ2) is 10.3. The molecule has 0 aliphatic carbocycles. The monoisotopic (exact) mass is 439 g/mol. The third kappa shape index (κ3) is 5.31. The number of hydrogen-bond donors (Lipinski definition) is 0. The Bertz CT molecular complexity index is 932. The highest BCUT2D eigenvalue weighted by atomic mass is 28.3. The molecule has 1 nitrogen and oxygen atoms in total. The van der Waals surface area contributed by atoms with Crippen molar-refractivity contribution in [2.45, 2.75) is 70.5 Å². The first-order valence-corrected chi connectivity index (χ1v) is 13.3. The van der Waals surface area contributed by atoms with Crippen molar-refractivity contribution in [1.29, 1.82) is 0 Å². The number of allylic oxidation sites excluding steroid dienone is 3. The zero-order valence-electron chi connectivity index (χ0n) is 19.9. The summed E-state index contributed by atoms with van der Waals surface area (Å²) in [7, 11) is 0.166. The van der Waals surface area contributed by atoms with E-state index in [2.05, 4.69) is 63.8 Å². The fraction of sp³-hybridized carbons (Fsp3) is 0.481. The number of hydrogen-bond acceptors (Lipinski definition) is 1. The molecule has 0 fully saturated rings. The Labute approximate surface area is 188 Å². The van der Waals surface area contributed by atoms with Gasteiger partial charge in [-0.05, 0) is 52.0 Å². The van der Waals surface area contributed by atoms with Crippen molar-refractivity contribution in [3.63, 3.8) is 0 Å². The number of rotatable bonds is 6. The molecule has 2 rings (SSSR count). The minimum Gasteiger partial charge on any atom is -0.364 e. The van der Waals surface area contributed by atoms with E-state index in [0.29, 0.717) is 35.2 Å². The molecule has 1 heterocycles. The molecule has 0 saturated carbocycles. The topological polar surface area (TPSA) is 3.24 Å². The molecule has 0 radical (unpaired) electrons. The predicted octanol–water partition coefficient (Wildman–Crippen LogP) is 7.05. The summed E-state index contributed by atoms with van der Waals surface area (Å²) in [5, 5.41) is 0. The van der Waals surface area contributed by atoms with Crippen molar-refractivity contribution in [2.75, 3.05) is 13.6 Å². The van der Waals surface area contributed by atoms with Gasteiger partial charge in [-0.25, -0.2) is 8.78 Å². The SMILES string of the molecule is C#CCC(C1=CC=C(C#C[Si](C(C)C)(C(C)C)C(C)C)N(C)C1)c1cc(F)ccc1F. The van der Waals surface area contributed by atoms with Gasteiger partial charge in [0.05, 0.1) is 5.70 Å². The fourth-order valence-electron chi connectivity index (χ4n) is 5.03. The maximum absolute atomic E-state index is 14.4. The Morgan fingerprint density at radius 3 is 2.16 bits per heavy atom. The van der Waals surface area contributed by atoms with Gasteiger partial charge in [0, 0.05) is 25.9 Å². The van der Waals surface area contributed by atoms with Crippen LogP contribution in [0.1, 0.15) is 59.4 Å². The number of terminal acetylenes is 1. The first kappa shape index (κ1) is 25.0. The molecule has 0 saturated heterocycles. The van der Waals surface area contributed by atoms with Crippen molar-refractivity contribution < 1.29 is 8.78 Å². The zero-order chi connectivity index (χ0) is 23.3. The largest absolute Gasteiger partial charge is 0.364 e. The third-order valence-electron chi connectivity index (χ3n) is 6.66. The lowest BCUT2D eigenvalue weighted by atomic mass is 9.86. The van der Waals surface area contributed by atoms with E-state index in [1.807, 2.05) is 19.2 Å². The van der Waals surface area contributed by atoms with E-state index in [-0.39, 0.29) is 5.92 Å². The second-order valence-electron chi connectivity index (χ2n) is 9.42. The Morgan fingerprint density at radius 2 is 1.65 bits per heavy atom. The molecule has 4 heteroatoms. The molecule has 1 aromatic rings. The zero-order valence-corrected chi connectivity index (χ0v) is 20.9. The smallest absolute Gasteiger partial charge is 0.146 e. The molecule has 0 bridgehead atoms. The van der Waals surface area contributed by atoms with E-state index in [0.717, 1.165) is 17.3 Å². The van der Waals surface area contributed by atoms with Crippen LogP contribution in [0.3, 0.4) is 0 Å². The van der Waals surface area contributed by atoms with Gasteiger partial charge in [0.15, 0.2) is 0 Å². The van der Waals surface area contributed by atoms with Gasteiger partial charge in [0.1, 0.15) is 19.7 Å². The maximum atomic E-state index is 14.4. The summed E-state index contributed by atoms with van der Waals surface area (Å²) in [4.78, 5) is 2.09. The third-order valence-corrected chi connectivity index (χ3v) is 13.0. The lowest BCUT2D eigenvalue weighted by molar-refractivity contribution is 0.449. The van der Waals surface area contributed by atoms with Crippen molar-refractivity contribution in [3.05, 3.63) is 58.8 Å². The van der Waals surface area contributed by atoms with E-state index >= 15 is 0 Å². The van der Waals surface area contributed by atoms with E-state index in [1.165, 1.54) is 12.1 Å². The van der Waals surface area contributed by atoms with Crippen LogP contribution < -0.4 is 0 Å². The van der Waals surface area contributed by atoms with E-state index in [1.54, 1.807) is 0 Å². The lowest BCUT2D eigenvalue weighted by Crippen LogP contribution is -2.43. The van der Waals surface area contributed by atoms with Gasteiger partial charge >= 0.3 is 0 Å². The Morgan fingerprint density at radius 1 is 1.03 bits per heavy atom. The minimum absolute atomic E-state index is 0.311. The lowest BCUT2D eigenvalue weighted by Gasteiger charge is -2.38. The molecule has 0 aromatic heterocycles. The van der Waals surface area contributed by atoms with E-state index < -0.39 is 19.7 Å². The first-order valence-electron chi connectivity index (χ1n) is 11.1. The van der Waals surface area contributed by atoms with Crippen LogP contribution >= 0.6 is 0 Å². The van der Waals surface area contributed by atoms with Crippen LogP contribution in [-0.4, -0.2) is 26.6 Å². The molecule has 0 amide bonds. The van der Waals surface area contributed by atoms with Crippen LogP contribution in [0.5, 0.6) is 0 Å². The average molecular weight is 440 g/mol. The van der Waals surface area contributed by atoms with E-state index in [9.17, 15) is 8.78 Å². The molecular weight excluding hydrogens is 404 g/mol. The maximum Gasteiger partial charge on any atom is 0.146 e. The molecule has 0 spiro atoms. The molecule has 166 valence electrons. The Balaban J connectivity index is 2.45. The summed E-state index contributed by atoms with van der Waals surface area (Å²) >= 11 is 0.